The van der Waals surface area contributed by atoms with E-state index < -0.39 is 11.7 Å². The highest BCUT2D eigenvalue weighted by Crippen LogP contribution is 2.15. The summed E-state index contributed by atoms with van der Waals surface area (Å²) in [5.74, 6) is -1.67. The van der Waals surface area contributed by atoms with Crippen molar-refractivity contribution in [1.29, 1.82) is 0 Å². The van der Waals surface area contributed by atoms with Crippen LogP contribution in [0.15, 0.2) is 65.6 Å². The fraction of sp³-hybridized carbons (Fsp3) is 0.136. The molecule has 9 heteroatoms. The lowest BCUT2D eigenvalue weighted by Gasteiger charge is -2.07. The molecular weight excluding hydrogens is 426 g/mol. The van der Waals surface area contributed by atoms with Gasteiger partial charge in [0.1, 0.15) is 11.6 Å². The van der Waals surface area contributed by atoms with Crippen molar-refractivity contribution in [3.63, 3.8) is 0 Å². The zero-order valence-electron chi connectivity index (χ0n) is 16.2. The number of carbonyl (C=O) groups excluding carboxylic acids is 1. The van der Waals surface area contributed by atoms with Crippen LogP contribution >= 0.6 is 11.6 Å². The van der Waals surface area contributed by atoms with Gasteiger partial charge in [0.25, 0.3) is 5.91 Å². The number of pyridine rings is 1. The monoisotopic (exact) mass is 442 g/mol. The summed E-state index contributed by atoms with van der Waals surface area (Å²) in [7, 11) is 0. The number of aromatic nitrogens is 3. The van der Waals surface area contributed by atoms with E-state index in [-0.39, 0.29) is 41.7 Å². The van der Waals surface area contributed by atoms with E-state index in [9.17, 15) is 18.4 Å². The van der Waals surface area contributed by atoms with Gasteiger partial charge in [-0.1, -0.05) is 23.7 Å². The van der Waals surface area contributed by atoms with Crippen LogP contribution in [0, 0.1) is 11.6 Å². The summed E-state index contributed by atoms with van der Waals surface area (Å²) in [5, 5.41) is 2.84. The van der Waals surface area contributed by atoms with Crippen LogP contribution in [0.3, 0.4) is 0 Å². The molecule has 1 amide bonds. The maximum Gasteiger partial charge on any atom is 0.330 e. The molecule has 4 aromatic rings. The third-order valence-corrected chi connectivity index (χ3v) is 5.06. The first-order valence-corrected chi connectivity index (χ1v) is 9.83. The molecule has 0 saturated heterocycles. The molecule has 4 rings (SSSR count). The second kappa shape index (κ2) is 8.69. The Bertz CT molecular complexity index is 1320. The number of hydrogen-bond acceptors (Lipinski definition) is 3. The number of nitrogens with zero attached hydrogens (tertiary/aromatic N) is 3. The minimum absolute atomic E-state index is 0.0803. The number of imidazole rings is 1. The van der Waals surface area contributed by atoms with Crippen molar-refractivity contribution < 1.29 is 13.6 Å². The minimum atomic E-state index is -0.684. The normalized spacial score (nSPS) is 11.1. The van der Waals surface area contributed by atoms with Gasteiger partial charge in [-0.2, -0.15) is 0 Å². The predicted molar refractivity (Wildman–Crippen MR) is 113 cm³/mol. The van der Waals surface area contributed by atoms with Gasteiger partial charge in [-0.3, -0.25) is 13.9 Å². The highest BCUT2D eigenvalue weighted by Gasteiger charge is 2.16. The lowest BCUT2D eigenvalue weighted by Crippen LogP contribution is -2.32. The van der Waals surface area contributed by atoms with Gasteiger partial charge in [0, 0.05) is 24.3 Å². The zero-order chi connectivity index (χ0) is 22.0. The molecule has 1 N–H and O–H groups in total. The molecule has 158 valence electrons. The molecule has 2 aromatic carbocycles. The molecule has 0 saturated carbocycles. The second-order valence-electron chi connectivity index (χ2n) is 6.87. The minimum Gasteiger partial charge on any atom is -0.350 e. The Morgan fingerprint density at radius 2 is 1.84 bits per heavy atom. The van der Waals surface area contributed by atoms with Crippen molar-refractivity contribution in [2.45, 2.75) is 13.1 Å². The molecule has 31 heavy (non-hydrogen) atoms. The van der Waals surface area contributed by atoms with Gasteiger partial charge in [0.05, 0.1) is 17.6 Å². The molecule has 0 aliphatic rings. The van der Waals surface area contributed by atoms with Crippen molar-refractivity contribution in [2.75, 3.05) is 6.54 Å². The van der Waals surface area contributed by atoms with Gasteiger partial charge in [0.15, 0.2) is 5.65 Å². The van der Waals surface area contributed by atoms with Crippen LogP contribution in [0.5, 0.6) is 0 Å². The molecule has 0 fully saturated rings. The average molecular weight is 443 g/mol. The first kappa shape index (κ1) is 20.7. The maximum atomic E-state index is 13.9. The maximum absolute atomic E-state index is 13.9. The molecule has 0 spiro atoms. The van der Waals surface area contributed by atoms with Crippen molar-refractivity contribution in [2.24, 2.45) is 0 Å². The van der Waals surface area contributed by atoms with Gasteiger partial charge < -0.3 is 5.32 Å². The van der Waals surface area contributed by atoms with Crippen LogP contribution in [0.4, 0.5) is 8.78 Å². The summed E-state index contributed by atoms with van der Waals surface area (Å²) in [4.78, 5) is 29.6. The molecule has 6 nitrogen and oxygen atoms in total. The standard InChI is InChI=1S/C22H17ClF2N4O2/c23-15-5-8-18(25)17(12-15)21(30)27-10-11-28-20-19(2-1-9-26-20)29(22(28)31)13-14-3-6-16(24)7-4-14/h1-9,12H,10-11,13H2,(H,27,30). The first-order valence-electron chi connectivity index (χ1n) is 9.46. The van der Waals surface area contributed by atoms with Crippen LogP contribution in [0.25, 0.3) is 11.2 Å². The molecule has 0 unspecified atom stereocenters. The lowest BCUT2D eigenvalue weighted by atomic mass is 10.2. The first-order chi connectivity index (χ1) is 14.9. The fourth-order valence-corrected chi connectivity index (χ4v) is 3.49. The highest BCUT2D eigenvalue weighted by molar-refractivity contribution is 6.31. The number of nitrogens with one attached hydrogen (secondary N) is 1. The van der Waals surface area contributed by atoms with Crippen LogP contribution in [0.2, 0.25) is 5.02 Å². The van der Waals surface area contributed by atoms with Crippen LogP contribution in [0.1, 0.15) is 15.9 Å². The van der Waals surface area contributed by atoms with E-state index in [0.717, 1.165) is 11.6 Å². The van der Waals surface area contributed by atoms with Crippen molar-refractivity contribution in [3.8, 4) is 0 Å². The predicted octanol–water partition coefficient (Wildman–Crippen LogP) is 3.61. The van der Waals surface area contributed by atoms with Crippen molar-refractivity contribution in [3.05, 3.63) is 99.1 Å². The Kier molecular flexibility index (Phi) is 5.81. The van der Waals surface area contributed by atoms with Gasteiger partial charge >= 0.3 is 5.69 Å². The summed E-state index contributed by atoms with van der Waals surface area (Å²) in [6, 6.07) is 13.1. The number of halogens is 3. The number of amides is 1. The molecule has 0 radical (unpaired) electrons. The Morgan fingerprint density at radius 3 is 2.61 bits per heavy atom. The quantitative estimate of drug-likeness (QED) is 0.496. The molecule has 2 heterocycles. The van der Waals surface area contributed by atoms with Crippen molar-refractivity contribution in [1.82, 2.24) is 19.4 Å². The van der Waals surface area contributed by atoms with E-state index in [1.807, 2.05) is 0 Å². The fourth-order valence-electron chi connectivity index (χ4n) is 3.32. The third-order valence-electron chi connectivity index (χ3n) is 4.82. The van der Waals surface area contributed by atoms with Gasteiger partial charge in [0.2, 0.25) is 0 Å². The summed E-state index contributed by atoms with van der Waals surface area (Å²) in [6.45, 7) is 0.460. The smallest absolute Gasteiger partial charge is 0.330 e. The molecule has 0 atom stereocenters. The van der Waals surface area contributed by atoms with Gasteiger partial charge in [-0.15, -0.1) is 0 Å². The average Bonchev–Trinajstić information content (AvgIpc) is 3.03. The summed E-state index contributed by atoms with van der Waals surface area (Å²) < 4.78 is 30.0. The topological polar surface area (TPSA) is 68.9 Å². The third kappa shape index (κ3) is 4.34. The summed E-state index contributed by atoms with van der Waals surface area (Å²) in [6.07, 6.45) is 1.57. The van der Waals surface area contributed by atoms with E-state index in [1.54, 1.807) is 30.5 Å². The van der Waals surface area contributed by atoms with Crippen LogP contribution in [-0.2, 0) is 13.1 Å². The Morgan fingerprint density at radius 1 is 1.06 bits per heavy atom. The number of rotatable bonds is 6. The largest absolute Gasteiger partial charge is 0.350 e. The van der Waals surface area contributed by atoms with E-state index in [2.05, 4.69) is 10.3 Å². The van der Waals surface area contributed by atoms with Crippen LogP contribution in [-0.4, -0.2) is 26.6 Å². The second-order valence-corrected chi connectivity index (χ2v) is 7.31. The Hall–Kier alpha value is -3.52. The van der Waals surface area contributed by atoms with E-state index in [4.69, 9.17) is 11.6 Å². The molecule has 0 bridgehead atoms. The lowest BCUT2D eigenvalue weighted by molar-refractivity contribution is 0.0948. The Labute approximate surface area is 180 Å². The SMILES string of the molecule is O=C(NCCn1c(=O)n(Cc2ccc(F)cc2)c2cccnc21)c1cc(Cl)ccc1F. The molecular formula is C22H17ClF2N4O2. The summed E-state index contributed by atoms with van der Waals surface area (Å²) in [5.41, 5.74) is 1.34. The molecule has 2 aromatic heterocycles. The van der Waals surface area contributed by atoms with Crippen molar-refractivity contribution >= 4 is 28.7 Å². The Balaban J connectivity index is 1.56. The van der Waals surface area contributed by atoms with Gasteiger partial charge in [-0.25, -0.2) is 18.6 Å². The summed E-state index contributed by atoms with van der Waals surface area (Å²) >= 11 is 5.83. The van der Waals surface area contributed by atoms with Gasteiger partial charge in [-0.05, 0) is 48.0 Å². The zero-order valence-corrected chi connectivity index (χ0v) is 16.9. The molecule has 0 aliphatic carbocycles. The van der Waals surface area contributed by atoms with E-state index >= 15 is 0 Å². The number of fused-ring (bicyclic) bond motifs is 1. The highest BCUT2D eigenvalue weighted by atomic mass is 35.5. The molecule has 0 aliphatic heterocycles. The van der Waals surface area contributed by atoms with E-state index in [1.165, 1.54) is 33.4 Å². The number of hydrogen-bond donors (Lipinski definition) is 1. The number of benzene rings is 2. The van der Waals surface area contributed by atoms with E-state index in [0.29, 0.717) is 11.2 Å². The number of carbonyl (C=O) groups is 1. The van der Waals surface area contributed by atoms with Crippen LogP contribution < -0.4 is 11.0 Å².